The lowest BCUT2D eigenvalue weighted by Gasteiger charge is -2.22. The summed E-state index contributed by atoms with van der Waals surface area (Å²) < 4.78 is 29.0. The summed E-state index contributed by atoms with van der Waals surface area (Å²) in [6.07, 6.45) is 0.417. The van der Waals surface area contributed by atoms with Gasteiger partial charge < -0.3 is 9.88 Å². The fourth-order valence-electron chi connectivity index (χ4n) is 4.39. The largest absolute Gasteiger partial charge is 0.324 e. The lowest BCUT2D eigenvalue weighted by Crippen LogP contribution is -2.28. The highest BCUT2D eigenvalue weighted by Crippen LogP contribution is 2.30. The number of nitrogens with zero attached hydrogens (tertiary/aromatic N) is 2. The molecule has 0 aliphatic carbocycles. The van der Waals surface area contributed by atoms with Crippen LogP contribution in [0.1, 0.15) is 34.1 Å². The molecular formula is C30H25F2N3O. The zero-order valence-electron chi connectivity index (χ0n) is 20.0. The molecule has 0 spiro atoms. The minimum Gasteiger partial charge on any atom is -0.324 e. The van der Waals surface area contributed by atoms with Gasteiger partial charge in [0, 0.05) is 12.1 Å². The number of hydrogen-bond donors (Lipinski definition) is 1. The molecule has 5 rings (SSSR count). The molecule has 0 saturated carbocycles. The molecule has 1 unspecified atom stereocenters. The highest BCUT2D eigenvalue weighted by molar-refractivity contribution is 5.97. The van der Waals surface area contributed by atoms with Crippen molar-refractivity contribution in [2.75, 3.05) is 5.32 Å². The summed E-state index contributed by atoms with van der Waals surface area (Å²) in [5.41, 5.74) is 5.97. The summed E-state index contributed by atoms with van der Waals surface area (Å²) in [5, 5.41) is 2.94. The van der Waals surface area contributed by atoms with E-state index in [0.29, 0.717) is 17.9 Å². The van der Waals surface area contributed by atoms with Gasteiger partial charge in [-0.25, -0.2) is 13.8 Å². The highest BCUT2D eigenvalue weighted by atomic mass is 19.1. The van der Waals surface area contributed by atoms with E-state index in [0.717, 1.165) is 33.3 Å². The van der Waals surface area contributed by atoms with Crippen molar-refractivity contribution in [1.29, 1.82) is 0 Å². The van der Waals surface area contributed by atoms with Crippen LogP contribution in [0.5, 0.6) is 0 Å². The molecule has 4 nitrogen and oxygen atoms in total. The summed E-state index contributed by atoms with van der Waals surface area (Å²) in [6, 6.07) is 24.8. The van der Waals surface area contributed by atoms with Gasteiger partial charge in [-0.2, -0.15) is 0 Å². The predicted molar refractivity (Wildman–Crippen MR) is 138 cm³/mol. The van der Waals surface area contributed by atoms with Crippen molar-refractivity contribution in [3.8, 4) is 0 Å². The Morgan fingerprint density at radius 1 is 0.861 bits per heavy atom. The van der Waals surface area contributed by atoms with Crippen molar-refractivity contribution >= 4 is 22.6 Å². The number of imidazole rings is 1. The Hall–Kier alpha value is -4.32. The second kappa shape index (κ2) is 9.74. The lowest BCUT2D eigenvalue weighted by molar-refractivity contribution is -0.118. The average Bonchev–Trinajstić information content (AvgIpc) is 3.19. The zero-order valence-corrected chi connectivity index (χ0v) is 20.0. The van der Waals surface area contributed by atoms with E-state index in [-0.39, 0.29) is 17.5 Å². The first kappa shape index (κ1) is 23.4. The number of anilines is 1. The third kappa shape index (κ3) is 4.75. The number of benzene rings is 4. The number of aromatic nitrogens is 2. The lowest BCUT2D eigenvalue weighted by atomic mass is 10.0. The van der Waals surface area contributed by atoms with Gasteiger partial charge in [-0.15, -0.1) is 0 Å². The van der Waals surface area contributed by atoms with Crippen LogP contribution in [0.15, 0.2) is 91.0 Å². The number of amides is 1. The smallest absolute Gasteiger partial charge is 0.252 e. The number of nitrogens with one attached hydrogen (secondary N) is 1. The average molecular weight is 482 g/mol. The fraction of sp³-hybridized carbons (Fsp3) is 0.133. The van der Waals surface area contributed by atoms with Crippen LogP contribution in [0, 0.1) is 25.5 Å². The van der Waals surface area contributed by atoms with E-state index >= 15 is 0 Å². The maximum absolute atomic E-state index is 13.8. The van der Waals surface area contributed by atoms with E-state index in [1.807, 2.05) is 60.9 Å². The summed E-state index contributed by atoms with van der Waals surface area (Å²) >= 11 is 0. The van der Waals surface area contributed by atoms with E-state index in [4.69, 9.17) is 4.98 Å². The Balaban J connectivity index is 1.68. The SMILES string of the molecule is Cc1cc2nc(Cc3ccc(F)cc3)n(C(C(=O)Nc3ccc(F)cc3)c3ccccc3)c2cc1C. The molecule has 0 aliphatic rings. The van der Waals surface area contributed by atoms with Gasteiger partial charge in [0.25, 0.3) is 5.91 Å². The fourth-order valence-corrected chi connectivity index (χ4v) is 4.39. The van der Waals surface area contributed by atoms with Crippen LogP contribution >= 0.6 is 0 Å². The summed E-state index contributed by atoms with van der Waals surface area (Å²) in [7, 11) is 0. The molecule has 1 amide bonds. The first-order valence-electron chi connectivity index (χ1n) is 11.7. The number of rotatable bonds is 6. The van der Waals surface area contributed by atoms with Crippen LogP contribution in [0.2, 0.25) is 0 Å². The number of carbonyl (C=O) groups is 1. The maximum Gasteiger partial charge on any atom is 0.252 e. The number of halogens is 2. The molecule has 1 aromatic heterocycles. The molecule has 0 bridgehead atoms. The summed E-state index contributed by atoms with van der Waals surface area (Å²) in [4.78, 5) is 18.8. The quantitative estimate of drug-likeness (QED) is 0.292. The van der Waals surface area contributed by atoms with Gasteiger partial charge in [0.15, 0.2) is 0 Å². The Labute approximate surface area is 208 Å². The Morgan fingerprint density at radius 2 is 1.47 bits per heavy atom. The van der Waals surface area contributed by atoms with Gasteiger partial charge >= 0.3 is 0 Å². The molecule has 4 aromatic carbocycles. The summed E-state index contributed by atoms with van der Waals surface area (Å²) in [6.45, 7) is 4.06. The van der Waals surface area contributed by atoms with Crippen LogP contribution in [-0.4, -0.2) is 15.5 Å². The van der Waals surface area contributed by atoms with Gasteiger partial charge in [-0.05, 0) is 84.6 Å². The molecule has 0 fully saturated rings. The van der Waals surface area contributed by atoms with Gasteiger partial charge in [0.1, 0.15) is 23.5 Å². The second-order valence-corrected chi connectivity index (χ2v) is 8.94. The van der Waals surface area contributed by atoms with Crippen molar-refractivity contribution in [2.45, 2.75) is 26.3 Å². The topological polar surface area (TPSA) is 46.9 Å². The van der Waals surface area contributed by atoms with Crippen LogP contribution in [0.4, 0.5) is 14.5 Å². The molecule has 36 heavy (non-hydrogen) atoms. The maximum atomic E-state index is 13.8. The van der Waals surface area contributed by atoms with E-state index < -0.39 is 6.04 Å². The third-order valence-electron chi connectivity index (χ3n) is 6.39. The summed E-state index contributed by atoms with van der Waals surface area (Å²) in [5.74, 6) is -0.268. The van der Waals surface area contributed by atoms with E-state index in [2.05, 4.69) is 5.32 Å². The third-order valence-corrected chi connectivity index (χ3v) is 6.39. The molecule has 6 heteroatoms. The molecule has 5 aromatic rings. The Kier molecular flexibility index (Phi) is 6.34. The van der Waals surface area contributed by atoms with Gasteiger partial charge in [0.2, 0.25) is 0 Å². The predicted octanol–water partition coefficient (Wildman–Crippen LogP) is 6.75. The number of hydrogen-bond acceptors (Lipinski definition) is 2. The molecule has 0 saturated heterocycles. The molecule has 1 atom stereocenters. The van der Waals surface area contributed by atoms with Crippen molar-refractivity contribution in [3.05, 3.63) is 131 Å². The van der Waals surface area contributed by atoms with E-state index in [1.165, 1.54) is 36.4 Å². The van der Waals surface area contributed by atoms with Crippen molar-refractivity contribution in [1.82, 2.24) is 9.55 Å². The van der Waals surface area contributed by atoms with Gasteiger partial charge in [-0.3, -0.25) is 4.79 Å². The highest BCUT2D eigenvalue weighted by Gasteiger charge is 2.28. The molecule has 0 aliphatic heterocycles. The molecular weight excluding hydrogens is 456 g/mol. The van der Waals surface area contributed by atoms with Crippen LogP contribution in [-0.2, 0) is 11.2 Å². The van der Waals surface area contributed by atoms with Crippen LogP contribution in [0.25, 0.3) is 11.0 Å². The second-order valence-electron chi connectivity index (χ2n) is 8.94. The first-order chi connectivity index (χ1) is 17.4. The normalized spacial score (nSPS) is 12.0. The molecule has 1 heterocycles. The minimum atomic E-state index is -0.737. The molecule has 1 N–H and O–H groups in total. The Bertz CT molecular complexity index is 1530. The molecule has 180 valence electrons. The standard InChI is InChI=1S/C30H25F2N3O/c1-19-16-26-27(17-20(19)2)35(28(34-26)18-21-8-10-23(31)11-9-21)29(22-6-4-3-5-7-22)30(36)33-25-14-12-24(32)13-15-25/h3-17,29H,18H2,1-2H3,(H,33,36). The monoisotopic (exact) mass is 481 g/mol. The van der Waals surface area contributed by atoms with Gasteiger partial charge in [-0.1, -0.05) is 42.5 Å². The van der Waals surface area contributed by atoms with Crippen molar-refractivity contribution in [3.63, 3.8) is 0 Å². The van der Waals surface area contributed by atoms with Crippen molar-refractivity contribution in [2.24, 2.45) is 0 Å². The minimum absolute atomic E-state index is 0.273. The number of aryl methyl sites for hydroxylation is 2. The molecule has 0 radical (unpaired) electrons. The first-order valence-corrected chi connectivity index (χ1v) is 11.7. The number of carbonyl (C=O) groups excluding carboxylic acids is 1. The Morgan fingerprint density at radius 3 is 2.14 bits per heavy atom. The number of fused-ring (bicyclic) bond motifs is 1. The zero-order chi connectivity index (χ0) is 25.2. The van der Waals surface area contributed by atoms with Gasteiger partial charge in [0.05, 0.1) is 11.0 Å². The van der Waals surface area contributed by atoms with Crippen LogP contribution in [0.3, 0.4) is 0 Å². The van der Waals surface area contributed by atoms with Crippen molar-refractivity contribution < 1.29 is 13.6 Å². The van der Waals surface area contributed by atoms with Crippen LogP contribution < -0.4 is 5.32 Å². The van der Waals surface area contributed by atoms with E-state index in [9.17, 15) is 13.6 Å². The van der Waals surface area contributed by atoms with E-state index in [1.54, 1.807) is 12.1 Å².